The number of nitrogens with zero attached hydrogens (tertiary/aromatic N) is 3. The van der Waals surface area contributed by atoms with Crippen LogP contribution in [-0.2, 0) is 6.54 Å². The van der Waals surface area contributed by atoms with E-state index in [4.69, 9.17) is 4.52 Å². The maximum atomic E-state index is 9.77. The molecule has 0 atom stereocenters. The first-order valence-corrected chi connectivity index (χ1v) is 6.09. The summed E-state index contributed by atoms with van der Waals surface area (Å²) in [6.45, 7) is 9.34. The molecule has 1 aromatic heterocycles. The van der Waals surface area contributed by atoms with Gasteiger partial charge in [0.2, 0.25) is 0 Å². The standard InChI is InChI=1S/C12H21N3O2/c1-12(2,16)10-15-6-4-14(5-7-15)9-11-3-8-17-13-11/h3,8,16H,4-7,9-10H2,1-2H3. The summed E-state index contributed by atoms with van der Waals surface area (Å²) < 4.78 is 4.82. The van der Waals surface area contributed by atoms with Crippen LogP contribution in [0.25, 0.3) is 0 Å². The van der Waals surface area contributed by atoms with Gasteiger partial charge in [-0.25, -0.2) is 0 Å². The Morgan fingerprint density at radius 1 is 1.29 bits per heavy atom. The van der Waals surface area contributed by atoms with Gasteiger partial charge < -0.3 is 9.63 Å². The van der Waals surface area contributed by atoms with Crippen molar-refractivity contribution in [1.29, 1.82) is 0 Å². The zero-order chi connectivity index (χ0) is 12.3. The molecule has 0 unspecified atom stereocenters. The van der Waals surface area contributed by atoms with Gasteiger partial charge in [0.25, 0.3) is 0 Å². The van der Waals surface area contributed by atoms with Gasteiger partial charge in [-0.2, -0.15) is 0 Å². The van der Waals surface area contributed by atoms with E-state index in [2.05, 4.69) is 15.0 Å². The summed E-state index contributed by atoms with van der Waals surface area (Å²) >= 11 is 0. The minimum Gasteiger partial charge on any atom is -0.389 e. The summed E-state index contributed by atoms with van der Waals surface area (Å²) in [6, 6.07) is 1.91. The Morgan fingerprint density at radius 2 is 1.94 bits per heavy atom. The van der Waals surface area contributed by atoms with Crippen LogP contribution in [0, 0.1) is 0 Å². The lowest BCUT2D eigenvalue weighted by molar-refractivity contribution is 0.0164. The number of hydrogen-bond donors (Lipinski definition) is 1. The van der Waals surface area contributed by atoms with Crippen molar-refractivity contribution in [3.8, 4) is 0 Å². The number of aliphatic hydroxyl groups is 1. The molecule has 0 aromatic carbocycles. The summed E-state index contributed by atoms with van der Waals surface area (Å²) in [4.78, 5) is 4.66. The molecule has 0 spiro atoms. The minimum absolute atomic E-state index is 0.603. The van der Waals surface area contributed by atoms with E-state index in [9.17, 15) is 5.11 Å². The van der Waals surface area contributed by atoms with Gasteiger partial charge in [0.15, 0.2) is 0 Å². The fourth-order valence-corrected chi connectivity index (χ4v) is 2.20. The highest BCUT2D eigenvalue weighted by Crippen LogP contribution is 2.10. The molecule has 2 heterocycles. The Hall–Kier alpha value is -0.910. The Kier molecular flexibility index (Phi) is 3.81. The van der Waals surface area contributed by atoms with Gasteiger partial charge in [-0.15, -0.1) is 0 Å². The lowest BCUT2D eigenvalue weighted by Crippen LogP contribution is -2.50. The van der Waals surface area contributed by atoms with E-state index in [0.29, 0.717) is 0 Å². The summed E-state index contributed by atoms with van der Waals surface area (Å²) in [5, 5.41) is 13.7. The van der Waals surface area contributed by atoms with Crippen molar-refractivity contribution in [3.05, 3.63) is 18.0 Å². The monoisotopic (exact) mass is 239 g/mol. The van der Waals surface area contributed by atoms with Crippen molar-refractivity contribution in [3.63, 3.8) is 0 Å². The molecule has 1 fully saturated rings. The highest BCUT2D eigenvalue weighted by molar-refractivity contribution is 4.95. The van der Waals surface area contributed by atoms with Gasteiger partial charge in [-0.3, -0.25) is 9.80 Å². The second kappa shape index (κ2) is 5.16. The third-order valence-electron chi connectivity index (χ3n) is 2.95. The number of aromatic nitrogens is 1. The minimum atomic E-state index is -0.603. The van der Waals surface area contributed by atoms with E-state index in [1.54, 1.807) is 6.26 Å². The van der Waals surface area contributed by atoms with Crippen LogP contribution in [0.5, 0.6) is 0 Å². The van der Waals surface area contributed by atoms with Gasteiger partial charge >= 0.3 is 0 Å². The molecule has 0 saturated carbocycles. The lowest BCUT2D eigenvalue weighted by atomic mass is 10.1. The van der Waals surface area contributed by atoms with Gasteiger partial charge in [0.05, 0.1) is 11.3 Å². The average molecular weight is 239 g/mol. The SMILES string of the molecule is CC(C)(O)CN1CCN(Cc2ccon2)CC1. The zero-order valence-electron chi connectivity index (χ0n) is 10.6. The van der Waals surface area contributed by atoms with Gasteiger partial charge in [-0.1, -0.05) is 5.16 Å². The molecule has 1 aliphatic heterocycles. The second-order valence-electron chi connectivity index (χ2n) is 5.36. The molecule has 1 saturated heterocycles. The first-order valence-electron chi connectivity index (χ1n) is 6.09. The number of β-amino-alcohol motifs (C(OH)–C–C–N with tert-alkyl or cyclic N) is 1. The summed E-state index contributed by atoms with van der Waals surface area (Å²) in [6.07, 6.45) is 1.61. The Balaban J connectivity index is 1.74. The van der Waals surface area contributed by atoms with Crippen molar-refractivity contribution < 1.29 is 9.63 Å². The molecule has 1 N–H and O–H groups in total. The molecular weight excluding hydrogens is 218 g/mol. The summed E-state index contributed by atoms with van der Waals surface area (Å²) in [5.41, 5.74) is 0.384. The molecule has 96 valence electrons. The molecule has 0 aliphatic carbocycles. The maximum absolute atomic E-state index is 9.77. The molecular formula is C12H21N3O2. The third kappa shape index (κ3) is 4.11. The van der Waals surface area contributed by atoms with Crippen LogP contribution in [0.2, 0.25) is 0 Å². The van der Waals surface area contributed by atoms with Crippen molar-refractivity contribution in [1.82, 2.24) is 15.0 Å². The van der Waals surface area contributed by atoms with Gasteiger partial charge in [0, 0.05) is 45.3 Å². The average Bonchev–Trinajstić information content (AvgIpc) is 2.71. The van der Waals surface area contributed by atoms with Crippen LogP contribution in [-0.4, -0.2) is 58.4 Å². The topological polar surface area (TPSA) is 52.7 Å². The van der Waals surface area contributed by atoms with Crippen LogP contribution in [0.3, 0.4) is 0 Å². The van der Waals surface area contributed by atoms with Gasteiger partial charge in [-0.05, 0) is 13.8 Å². The van der Waals surface area contributed by atoms with E-state index in [0.717, 1.165) is 45.0 Å². The van der Waals surface area contributed by atoms with Gasteiger partial charge in [0.1, 0.15) is 6.26 Å². The van der Waals surface area contributed by atoms with Crippen molar-refractivity contribution >= 4 is 0 Å². The Morgan fingerprint density at radius 3 is 2.47 bits per heavy atom. The van der Waals surface area contributed by atoms with Crippen molar-refractivity contribution in [2.24, 2.45) is 0 Å². The quantitative estimate of drug-likeness (QED) is 0.832. The molecule has 1 aliphatic rings. The van der Waals surface area contributed by atoms with Crippen molar-refractivity contribution in [2.75, 3.05) is 32.7 Å². The highest BCUT2D eigenvalue weighted by atomic mass is 16.5. The molecule has 17 heavy (non-hydrogen) atoms. The highest BCUT2D eigenvalue weighted by Gasteiger charge is 2.22. The van der Waals surface area contributed by atoms with Crippen LogP contribution in [0.4, 0.5) is 0 Å². The Labute approximate surface area is 102 Å². The largest absolute Gasteiger partial charge is 0.389 e. The van der Waals surface area contributed by atoms with E-state index in [-0.39, 0.29) is 0 Å². The first-order chi connectivity index (χ1) is 8.03. The zero-order valence-corrected chi connectivity index (χ0v) is 10.6. The first kappa shape index (κ1) is 12.5. The predicted molar refractivity (Wildman–Crippen MR) is 64.5 cm³/mol. The van der Waals surface area contributed by atoms with Crippen molar-refractivity contribution in [2.45, 2.75) is 26.0 Å². The van der Waals surface area contributed by atoms with Crippen LogP contribution >= 0.6 is 0 Å². The number of piperazine rings is 1. The molecule has 5 heteroatoms. The van der Waals surface area contributed by atoms with Crippen LogP contribution in [0.15, 0.2) is 16.9 Å². The van der Waals surface area contributed by atoms with E-state index in [1.165, 1.54) is 0 Å². The fraction of sp³-hybridized carbons (Fsp3) is 0.750. The maximum Gasteiger partial charge on any atom is 0.124 e. The summed E-state index contributed by atoms with van der Waals surface area (Å²) in [7, 11) is 0. The second-order valence-corrected chi connectivity index (χ2v) is 5.36. The lowest BCUT2D eigenvalue weighted by Gasteiger charge is -2.36. The molecule has 1 aromatic rings. The number of hydrogen-bond acceptors (Lipinski definition) is 5. The van der Waals surface area contributed by atoms with E-state index >= 15 is 0 Å². The smallest absolute Gasteiger partial charge is 0.124 e. The van der Waals surface area contributed by atoms with E-state index in [1.807, 2.05) is 19.9 Å². The van der Waals surface area contributed by atoms with Crippen LogP contribution in [0.1, 0.15) is 19.5 Å². The summed E-state index contributed by atoms with van der Waals surface area (Å²) in [5.74, 6) is 0. The number of rotatable bonds is 4. The van der Waals surface area contributed by atoms with E-state index < -0.39 is 5.60 Å². The predicted octanol–water partition coefficient (Wildman–Crippen LogP) is 0.563. The fourth-order valence-electron chi connectivity index (χ4n) is 2.20. The molecule has 0 radical (unpaired) electrons. The third-order valence-corrected chi connectivity index (χ3v) is 2.95. The molecule has 0 amide bonds. The molecule has 0 bridgehead atoms. The van der Waals surface area contributed by atoms with Crippen LogP contribution < -0.4 is 0 Å². The Bertz CT molecular complexity index is 324. The molecule has 5 nitrogen and oxygen atoms in total. The normalized spacial score (nSPS) is 19.7. The molecule has 2 rings (SSSR count).